The van der Waals surface area contributed by atoms with Crippen LogP contribution in [0.2, 0.25) is 0 Å². The van der Waals surface area contributed by atoms with Gasteiger partial charge in [0.2, 0.25) is 17.8 Å². The van der Waals surface area contributed by atoms with Crippen LogP contribution >= 0.6 is 0 Å². The van der Waals surface area contributed by atoms with Crippen molar-refractivity contribution in [2.75, 3.05) is 68.0 Å². The summed E-state index contributed by atoms with van der Waals surface area (Å²) in [5.74, 6) is 2.03. The van der Waals surface area contributed by atoms with E-state index in [2.05, 4.69) is 57.1 Å². The van der Waals surface area contributed by atoms with E-state index in [0.717, 1.165) is 56.4 Å². The fourth-order valence-corrected chi connectivity index (χ4v) is 2.60. The van der Waals surface area contributed by atoms with Crippen LogP contribution in [-0.4, -0.2) is 72.7 Å². The van der Waals surface area contributed by atoms with Gasteiger partial charge in [-0.15, -0.1) is 0 Å². The maximum absolute atomic E-state index is 4.74. The molecule has 1 saturated heterocycles. The van der Waals surface area contributed by atoms with E-state index >= 15 is 0 Å². The molecule has 0 saturated carbocycles. The molecule has 2 heterocycles. The predicted molar refractivity (Wildman–Crippen MR) is 106 cm³/mol. The van der Waals surface area contributed by atoms with Gasteiger partial charge in [-0.1, -0.05) is 24.3 Å². The molecule has 0 radical (unpaired) electrons. The monoisotopic (exact) mass is 345 g/mol. The molecule has 1 fully saturated rings. The second-order valence-electron chi connectivity index (χ2n) is 6.83. The number of piperazine rings is 1. The van der Waals surface area contributed by atoms with E-state index in [1.54, 1.807) is 0 Å². The molecule has 1 aromatic heterocycles. The molecule has 138 valence electrons. The molecule has 0 aromatic carbocycles. The molecule has 0 amide bonds. The van der Waals surface area contributed by atoms with Crippen molar-refractivity contribution in [3.05, 3.63) is 24.3 Å². The van der Waals surface area contributed by atoms with E-state index in [9.17, 15) is 0 Å². The highest BCUT2D eigenvalue weighted by Crippen LogP contribution is 2.18. The summed E-state index contributed by atoms with van der Waals surface area (Å²) in [7, 11) is 2.14. The third kappa shape index (κ3) is 5.70. The van der Waals surface area contributed by atoms with Gasteiger partial charge >= 0.3 is 0 Å². The number of nitrogens with zero attached hydrogens (tertiary/aromatic N) is 6. The Morgan fingerprint density at radius 2 is 1.76 bits per heavy atom. The van der Waals surface area contributed by atoms with Crippen LogP contribution in [0.15, 0.2) is 24.3 Å². The first-order chi connectivity index (χ1) is 11.9. The summed E-state index contributed by atoms with van der Waals surface area (Å²) in [6, 6.07) is 0. The van der Waals surface area contributed by atoms with E-state index in [1.807, 2.05) is 13.8 Å². The molecule has 2 rings (SSSR count). The van der Waals surface area contributed by atoms with Gasteiger partial charge in [0.25, 0.3) is 0 Å². The maximum Gasteiger partial charge on any atom is 0.232 e. The average molecular weight is 345 g/mol. The van der Waals surface area contributed by atoms with E-state index in [4.69, 9.17) is 4.98 Å². The smallest absolute Gasteiger partial charge is 0.232 e. The number of likely N-dealkylation sites (N-methyl/N-ethyl adjacent to an activating group) is 2. The Kier molecular flexibility index (Phi) is 6.75. The van der Waals surface area contributed by atoms with Crippen LogP contribution in [0.5, 0.6) is 0 Å². The minimum absolute atomic E-state index is 0.599. The molecule has 0 bridgehead atoms. The second kappa shape index (κ2) is 8.80. The Hall–Kier alpha value is -2.15. The lowest BCUT2D eigenvalue weighted by Gasteiger charge is -2.33. The third-order valence-electron chi connectivity index (χ3n) is 4.07. The van der Waals surface area contributed by atoms with E-state index < -0.39 is 0 Å². The van der Waals surface area contributed by atoms with Crippen molar-refractivity contribution in [2.45, 2.75) is 20.8 Å². The first-order valence-electron chi connectivity index (χ1n) is 8.86. The van der Waals surface area contributed by atoms with Crippen molar-refractivity contribution in [2.24, 2.45) is 0 Å². The topological polar surface area (TPSA) is 60.4 Å². The average Bonchev–Trinajstić information content (AvgIpc) is 2.58. The van der Waals surface area contributed by atoms with Gasteiger partial charge in [-0.25, -0.2) is 0 Å². The van der Waals surface area contributed by atoms with Gasteiger partial charge in [-0.05, 0) is 27.8 Å². The molecule has 0 unspecified atom stereocenters. The molecule has 0 spiro atoms. The van der Waals surface area contributed by atoms with Gasteiger partial charge in [-0.3, -0.25) is 0 Å². The maximum atomic E-state index is 4.74. The van der Waals surface area contributed by atoms with Crippen molar-refractivity contribution >= 4 is 17.8 Å². The zero-order valence-corrected chi connectivity index (χ0v) is 16.0. The number of nitrogens with one attached hydrogen (secondary N) is 1. The van der Waals surface area contributed by atoms with E-state index in [-0.39, 0.29) is 0 Å². The lowest BCUT2D eigenvalue weighted by molar-refractivity contribution is 0.311. The molecule has 7 heteroatoms. The largest absolute Gasteiger partial charge is 0.350 e. The summed E-state index contributed by atoms with van der Waals surface area (Å²) in [6.45, 7) is 20.1. The predicted octanol–water partition coefficient (Wildman–Crippen LogP) is 2.01. The van der Waals surface area contributed by atoms with Crippen molar-refractivity contribution in [1.29, 1.82) is 0 Å². The number of aromatic nitrogens is 3. The first kappa shape index (κ1) is 19.2. The zero-order valence-electron chi connectivity index (χ0n) is 16.0. The molecular weight excluding hydrogens is 314 g/mol. The van der Waals surface area contributed by atoms with Crippen molar-refractivity contribution in [3.63, 3.8) is 0 Å². The summed E-state index contributed by atoms with van der Waals surface area (Å²) >= 11 is 0. The van der Waals surface area contributed by atoms with Crippen LogP contribution in [0.4, 0.5) is 17.8 Å². The number of hydrogen-bond acceptors (Lipinski definition) is 7. The van der Waals surface area contributed by atoms with Gasteiger partial charge in [0.1, 0.15) is 0 Å². The minimum Gasteiger partial charge on any atom is -0.350 e. The molecule has 1 N–H and O–H groups in total. The molecular formula is C18H31N7. The number of hydrogen-bond donors (Lipinski definition) is 1. The Morgan fingerprint density at radius 1 is 1.08 bits per heavy atom. The summed E-state index contributed by atoms with van der Waals surface area (Å²) < 4.78 is 0. The fourth-order valence-electron chi connectivity index (χ4n) is 2.60. The van der Waals surface area contributed by atoms with Crippen LogP contribution in [0.25, 0.3) is 0 Å². The van der Waals surface area contributed by atoms with Crippen molar-refractivity contribution < 1.29 is 0 Å². The Bertz CT molecular complexity index is 605. The normalized spacial score (nSPS) is 15.1. The molecule has 0 atom stereocenters. The third-order valence-corrected chi connectivity index (χ3v) is 4.07. The highest BCUT2D eigenvalue weighted by Gasteiger charge is 2.20. The summed E-state index contributed by atoms with van der Waals surface area (Å²) in [6.07, 6.45) is 0. The number of anilines is 3. The quantitative estimate of drug-likeness (QED) is 0.723. The van der Waals surface area contributed by atoms with Gasteiger partial charge < -0.3 is 20.0 Å². The van der Waals surface area contributed by atoms with Crippen molar-refractivity contribution in [3.8, 4) is 0 Å². The van der Waals surface area contributed by atoms with Gasteiger partial charge in [0.05, 0.1) is 0 Å². The Balaban J connectivity index is 2.29. The zero-order chi connectivity index (χ0) is 18.4. The summed E-state index contributed by atoms with van der Waals surface area (Å²) in [5.41, 5.74) is 2.12. The van der Waals surface area contributed by atoms with E-state index in [0.29, 0.717) is 18.4 Å². The van der Waals surface area contributed by atoms with Crippen LogP contribution in [0, 0.1) is 0 Å². The van der Waals surface area contributed by atoms with Crippen LogP contribution < -0.4 is 15.1 Å². The van der Waals surface area contributed by atoms with Crippen LogP contribution in [0.1, 0.15) is 20.8 Å². The number of rotatable bonds is 8. The van der Waals surface area contributed by atoms with Gasteiger partial charge in [0, 0.05) is 45.8 Å². The second-order valence-corrected chi connectivity index (χ2v) is 6.83. The molecule has 7 nitrogen and oxygen atoms in total. The highest BCUT2D eigenvalue weighted by atomic mass is 15.4. The fraction of sp³-hybridized carbons (Fsp3) is 0.611. The molecule has 1 aliphatic heterocycles. The minimum atomic E-state index is 0.599. The first-order valence-corrected chi connectivity index (χ1v) is 8.86. The summed E-state index contributed by atoms with van der Waals surface area (Å²) in [5, 5.41) is 3.26. The lowest BCUT2D eigenvalue weighted by atomic mass is 10.3. The van der Waals surface area contributed by atoms with Gasteiger partial charge in [0.15, 0.2) is 0 Å². The highest BCUT2D eigenvalue weighted by molar-refractivity contribution is 5.46. The summed E-state index contributed by atoms with van der Waals surface area (Å²) in [4.78, 5) is 20.7. The standard InChI is InChI=1S/C18H31N7/c1-7-24(13-15(4)5)17-20-16(19-12-14(2)3)21-18(22-17)25-10-8-23(6)9-11-25/h2,4,7-13H2,1,3,5-6H3,(H,19,20,21,22). The molecule has 25 heavy (non-hydrogen) atoms. The SMILES string of the molecule is C=C(C)CNc1nc(N2CCN(C)CC2)nc(N(CC)CC(=C)C)n1. The lowest BCUT2D eigenvalue weighted by Crippen LogP contribution is -2.45. The van der Waals surface area contributed by atoms with Crippen molar-refractivity contribution in [1.82, 2.24) is 19.9 Å². The van der Waals surface area contributed by atoms with Crippen LogP contribution in [-0.2, 0) is 0 Å². The van der Waals surface area contributed by atoms with E-state index in [1.165, 1.54) is 0 Å². The molecule has 0 aliphatic carbocycles. The Morgan fingerprint density at radius 3 is 2.32 bits per heavy atom. The molecule has 1 aromatic rings. The molecule has 1 aliphatic rings. The Labute approximate surface area is 151 Å². The van der Waals surface area contributed by atoms with Gasteiger partial charge in [-0.2, -0.15) is 15.0 Å². The van der Waals surface area contributed by atoms with Crippen LogP contribution in [0.3, 0.4) is 0 Å².